The normalized spacial score (nSPS) is 24.1. The summed E-state index contributed by atoms with van der Waals surface area (Å²) < 4.78 is 13.7. The van der Waals surface area contributed by atoms with Crippen LogP contribution in [0.3, 0.4) is 0 Å². The lowest BCUT2D eigenvalue weighted by Crippen LogP contribution is -2.59. The Hall–Kier alpha value is -2.68. The SMILES string of the molecule is CCC1CCN(C(=O)N[C@H](Cc2ccc(F)cc2)C(=O)N2CCC(C(=O)NC(C)(C)C)(C3CCCCC3)CC2)C[C@@H](C)N1. The molecule has 0 aromatic heterocycles. The number of piperidine rings is 1. The number of nitrogens with zero attached hydrogens (tertiary/aromatic N) is 2. The van der Waals surface area contributed by atoms with Gasteiger partial charge in [-0.3, -0.25) is 9.59 Å². The van der Waals surface area contributed by atoms with Crippen molar-refractivity contribution in [3.8, 4) is 0 Å². The second kappa shape index (κ2) is 14.4. The van der Waals surface area contributed by atoms with E-state index in [4.69, 9.17) is 0 Å². The Balaban J connectivity index is 1.50. The van der Waals surface area contributed by atoms with Crippen molar-refractivity contribution in [3.63, 3.8) is 0 Å². The molecule has 1 aromatic rings. The minimum Gasteiger partial charge on any atom is -0.351 e. The number of nitrogens with one attached hydrogen (secondary N) is 3. The van der Waals surface area contributed by atoms with Crippen LogP contribution in [0.25, 0.3) is 0 Å². The molecule has 43 heavy (non-hydrogen) atoms. The molecule has 9 heteroatoms. The molecule has 1 aromatic carbocycles. The summed E-state index contributed by atoms with van der Waals surface area (Å²) in [5, 5.41) is 9.91. The van der Waals surface area contributed by atoms with E-state index in [1.54, 1.807) is 17.0 Å². The number of hydrogen-bond donors (Lipinski definition) is 3. The van der Waals surface area contributed by atoms with E-state index in [2.05, 4.69) is 29.8 Å². The van der Waals surface area contributed by atoms with E-state index >= 15 is 0 Å². The summed E-state index contributed by atoms with van der Waals surface area (Å²) in [6.07, 6.45) is 8.99. The highest BCUT2D eigenvalue weighted by molar-refractivity contribution is 5.88. The third-order valence-electron chi connectivity index (χ3n) is 9.79. The summed E-state index contributed by atoms with van der Waals surface area (Å²) in [5.41, 5.74) is -0.0195. The zero-order chi connectivity index (χ0) is 31.2. The number of hydrogen-bond acceptors (Lipinski definition) is 4. The van der Waals surface area contributed by atoms with Crippen LogP contribution >= 0.6 is 0 Å². The molecule has 3 aliphatic rings. The van der Waals surface area contributed by atoms with Crippen LogP contribution in [0.1, 0.15) is 98.0 Å². The van der Waals surface area contributed by atoms with Crippen molar-refractivity contribution < 1.29 is 18.8 Å². The maximum atomic E-state index is 14.1. The van der Waals surface area contributed by atoms with E-state index in [-0.39, 0.29) is 41.7 Å². The number of rotatable bonds is 7. The van der Waals surface area contributed by atoms with Gasteiger partial charge in [-0.15, -0.1) is 0 Å². The molecule has 3 N–H and O–H groups in total. The van der Waals surface area contributed by atoms with Crippen molar-refractivity contribution in [2.45, 2.75) is 122 Å². The standard InChI is InChI=1S/C34H54FN5O3/c1-6-28-16-19-40(23-24(2)36-28)32(43)37-29(22-25-12-14-27(35)15-13-25)30(41)39-20-17-34(18-21-39,26-10-8-7-9-11-26)31(42)38-33(3,4)5/h12-15,24,26,28-29,36H,6-11,16-23H2,1-5H3,(H,37,43)(H,38,42)/t24-,28?,29-/m1/s1. The summed E-state index contributed by atoms with van der Waals surface area (Å²) in [5.74, 6) is -0.0417. The largest absolute Gasteiger partial charge is 0.351 e. The number of halogens is 1. The summed E-state index contributed by atoms with van der Waals surface area (Å²) in [6.45, 7) is 12.4. The van der Waals surface area contributed by atoms with E-state index in [1.165, 1.54) is 18.6 Å². The topological polar surface area (TPSA) is 93.8 Å². The molecule has 2 aliphatic heterocycles. The lowest BCUT2D eigenvalue weighted by Gasteiger charge is -2.48. The van der Waals surface area contributed by atoms with E-state index in [1.807, 2.05) is 25.7 Å². The van der Waals surface area contributed by atoms with E-state index in [0.717, 1.165) is 44.1 Å². The van der Waals surface area contributed by atoms with Gasteiger partial charge in [0, 0.05) is 50.2 Å². The molecule has 1 saturated carbocycles. The van der Waals surface area contributed by atoms with Gasteiger partial charge in [-0.2, -0.15) is 0 Å². The molecule has 1 unspecified atom stereocenters. The van der Waals surface area contributed by atoms with Gasteiger partial charge in [0.2, 0.25) is 11.8 Å². The summed E-state index contributed by atoms with van der Waals surface area (Å²) in [6, 6.07) is 5.61. The Morgan fingerprint density at radius 1 is 1.00 bits per heavy atom. The highest BCUT2D eigenvalue weighted by atomic mass is 19.1. The molecule has 0 spiro atoms. The minimum absolute atomic E-state index is 0.115. The fourth-order valence-corrected chi connectivity index (χ4v) is 7.36. The predicted octanol–water partition coefficient (Wildman–Crippen LogP) is 5.01. The minimum atomic E-state index is -0.781. The van der Waals surface area contributed by atoms with Gasteiger partial charge in [-0.05, 0) is 89.8 Å². The van der Waals surface area contributed by atoms with Gasteiger partial charge in [-0.1, -0.05) is 38.3 Å². The Morgan fingerprint density at radius 2 is 1.65 bits per heavy atom. The number of carbonyl (C=O) groups excluding carboxylic acids is 3. The molecular weight excluding hydrogens is 545 g/mol. The summed E-state index contributed by atoms with van der Waals surface area (Å²) in [7, 11) is 0. The molecule has 4 rings (SSSR count). The third kappa shape index (κ3) is 8.70. The first-order valence-electron chi connectivity index (χ1n) is 16.6. The van der Waals surface area contributed by atoms with E-state index < -0.39 is 11.5 Å². The second-order valence-corrected chi connectivity index (χ2v) is 14.3. The average molecular weight is 600 g/mol. The fraction of sp³-hybridized carbons (Fsp3) is 0.735. The second-order valence-electron chi connectivity index (χ2n) is 14.3. The van der Waals surface area contributed by atoms with Gasteiger partial charge in [-0.25, -0.2) is 9.18 Å². The van der Waals surface area contributed by atoms with Crippen LogP contribution in [0.4, 0.5) is 9.18 Å². The van der Waals surface area contributed by atoms with Gasteiger partial charge >= 0.3 is 6.03 Å². The van der Waals surface area contributed by atoms with Crippen LogP contribution in [0.2, 0.25) is 0 Å². The predicted molar refractivity (Wildman–Crippen MR) is 168 cm³/mol. The molecule has 1 aliphatic carbocycles. The number of amides is 4. The maximum absolute atomic E-state index is 14.1. The van der Waals surface area contributed by atoms with Crippen LogP contribution in [-0.4, -0.2) is 77.5 Å². The van der Waals surface area contributed by atoms with Gasteiger partial charge in [0.15, 0.2) is 0 Å². The molecule has 0 radical (unpaired) electrons. The highest BCUT2D eigenvalue weighted by Gasteiger charge is 2.49. The Morgan fingerprint density at radius 3 is 2.26 bits per heavy atom. The summed E-state index contributed by atoms with van der Waals surface area (Å²) >= 11 is 0. The van der Waals surface area contributed by atoms with Crippen LogP contribution in [0.5, 0.6) is 0 Å². The Kier molecular flexibility index (Phi) is 11.1. The van der Waals surface area contributed by atoms with E-state index in [9.17, 15) is 18.8 Å². The van der Waals surface area contributed by atoms with Crippen LogP contribution in [0.15, 0.2) is 24.3 Å². The van der Waals surface area contributed by atoms with Gasteiger partial charge in [0.25, 0.3) is 0 Å². The number of carbonyl (C=O) groups is 3. The fourth-order valence-electron chi connectivity index (χ4n) is 7.36. The Labute approximate surface area is 257 Å². The molecule has 2 saturated heterocycles. The zero-order valence-electron chi connectivity index (χ0n) is 27.0. The van der Waals surface area contributed by atoms with E-state index in [0.29, 0.717) is 51.0 Å². The van der Waals surface area contributed by atoms with Gasteiger partial charge in [0.1, 0.15) is 11.9 Å². The molecule has 8 nitrogen and oxygen atoms in total. The molecule has 3 fully saturated rings. The van der Waals surface area contributed by atoms with Crippen molar-refractivity contribution in [1.82, 2.24) is 25.8 Å². The molecule has 0 bridgehead atoms. The lowest BCUT2D eigenvalue weighted by atomic mass is 9.63. The average Bonchev–Trinajstić information content (AvgIpc) is 3.18. The van der Waals surface area contributed by atoms with Crippen LogP contribution < -0.4 is 16.0 Å². The first kappa shape index (κ1) is 33.2. The monoisotopic (exact) mass is 599 g/mol. The molecular formula is C34H54FN5O3. The number of likely N-dealkylation sites (tertiary alicyclic amines) is 1. The summed E-state index contributed by atoms with van der Waals surface area (Å²) in [4.78, 5) is 45.1. The molecule has 4 amide bonds. The Bertz CT molecular complexity index is 1090. The quantitative estimate of drug-likeness (QED) is 0.411. The third-order valence-corrected chi connectivity index (χ3v) is 9.79. The van der Waals surface area contributed by atoms with Crippen molar-refractivity contribution in [2.24, 2.45) is 11.3 Å². The smallest absolute Gasteiger partial charge is 0.318 e. The van der Waals surface area contributed by atoms with Gasteiger partial charge in [0.05, 0.1) is 5.41 Å². The molecule has 240 valence electrons. The van der Waals surface area contributed by atoms with Crippen molar-refractivity contribution in [3.05, 3.63) is 35.6 Å². The molecule has 3 atom stereocenters. The van der Waals surface area contributed by atoms with Crippen molar-refractivity contribution in [2.75, 3.05) is 26.2 Å². The lowest BCUT2D eigenvalue weighted by molar-refractivity contribution is -0.147. The zero-order valence-corrected chi connectivity index (χ0v) is 27.0. The molecule has 2 heterocycles. The van der Waals surface area contributed by atoms with Crippen molar-refractivity contribution in [1.29, 1.82) is 0 Å². The number of urea groups is 1. The van der Waals surface area contributed by atoms with Crippen molar-refractivity contribution >= 4 is 17.8 Å². The van der Waals surface area contributed by atoms with Gasteiger partial charge < -0.3 is 25.8 Å². The first-order valence-corrected chi connectivity index (χ1v) is 16.6. The maximum Gasteiger partial charge on any atom is 0.318 e. The number of benzene rings is 1. The first-order chi connectivity index (χ1) is 20.4. The van der Waals surface area contributed by atoms with Crippen LogP contribution in [0, 0.1) is 17.2 Å². The highest BCUT2D eigenvalue weighted by Crippen LogP contribution is 2.46. The van der Waals surface area contributed by atoms with Crippen LogP contribution in [-0.2, 0) is 16.0 Å².